The molecule has 0 aromatic heterocycles. The Morgan fingerprint density at radius 1 is 0.935 bits per heavy atom. The minimum Gasteiger partial charge on any atom is -0.330 e. The number of alkyl halides is 10. The average Bonchev–Trinajstić information content (AvgIpc) is 2.63. The highest BCUT2D eigenvalue weighted by Gasteiger charge is 2.76. The fourth-order valence-electron chi connectivity index (χ4n) is 1.24. The molecule has 0 aliphatic rings. The standard InChI is InChI=1S/C11H14F10O4PS.C4H10/c1-7(2,26(22)23-3)24-4-5-27-8(13,14)6(12)25-11(20,21)9(15,16)10(17,18)19;1-3-4-2/h6H,4-5H2,1-3H3;3-4H2,1-2H3/q+1;. The lowest BCUT2D eigenvalue weighted by Gasteiger charge is -2.30. The third-order valence-electron chi connectivity index (χ3n) is 3.18. The van der Waals surface area contributed by atoms with Gasteiger partial charge < -0.3 is 4.74 Å². The quantitative estimate of drug-likeness (QED) is 0.153. The molecule has 0 fully saturated rings. The Hall–Kier alpha value is -0.370. The van der Waals surface area contributed by atoms with Crippen molar-refractivity contribution in [2.75, 3.05) is 19.5 Å². The summed E-state index contributed by atoms with van der Waals surface area (Å²) >= 11 is -0.748. The van der Waals surface area contributed by atoms with Crippen LogP contribution in [0.5, 0.6) is 0 Å². The summed E-state index contributed by atoms with van der Waals surface area (Å²) in [5, 5.41) is -6.37. The Morgan fingerprint density at radius 2 is 1.39 bits per heavy atom. The molecule has 31 heavy (non-hydrogen) atoms. The van der Waals surface area contributed by atoms with Crippen LogP contribution in [0.1, 0.15) is 40.5 Å². The molecule has 0 saturated heterocycles. The molecule has 0 N–H and O–H groups in total. The molecule has 0 spiro atoms. The molecule has 4 nitrogen and oxygen atoms in total. The summed E-state index contributed by atoms with van der Waals surface area (Å²) in [7, 11) is -1.31. The van der Waals surface area contributed by atoms with E-state index in [1.165, 1.54) is 26.7 Å². The fourth-order valence-corrected chi connectivity index (χ4v) is 2.50. The third-order valence-corrected chi connectivity index (χ3v) is 5.46. The largest absolute Gasteiger partial charge is 0.542 e. The van der Waals surface area contributed by atoms with Crippen LogP contribution < -0.4 is 0 Å². The molecule has 2 atom stereocenters. The van der Waals surface area contributed by atoms with Gasteiger partial charge in [-0.3, -0.25) is 4.74 Å². The molecule has 0 aliphatic carbocycles. The molecule has 0 amide bonds. The van der Waals surface area contributed by atoms with Crippen molar-refractivity contribution in [3.8, 4) is 0 Å². The summed E-state index contributed by atoms with van der Waals surface area (Å²) in [5.74, 6) is -7.74. The van der Waals surface area contributed by atoms with E-state index in [2.05, 4.69) is 23.1 Å². The summed E-state index contributed by atoms with van der Waals surface area (Å²) in [6, 6.07) is 0. The zero-order valence-corrected chi connectivity index (χ0v) is 18.9. The van der Waals surface area contributed by atoms with Gasteiger partial charge in [-0.15, -0.1) is 4.52 Å². The molecule has 0 aromatic carbocycles. The van der Waals surface area contributed by atoms with Crippen LogP contribution in [-0.4, -0.2) is 54.6 Å². The number of ether oxygens (including phenoxy) is 2. The van der Waals surface area contributed by atoms with Crippen molar-refractivity contribution in [1.82, 2.24) is 0 Å². The van der Waals surface area contributed by atoms with Gasteiger partial charge in [-0.25, -0.2) is 4.39 Å². The average molecular weight is 521 g/mol. The lowest BCUT2D eigenvalue weighted by molar-refractivity contribution is -0.446. The van der Waals surface area contributed by atoms with Crippen LogP contribution >= 0.6 is 19.8 Å². The highest BCUT2D eigenvalue weighted by molar-refractivity contribution is 8.00. The molecule has 188 valence electrons. The van der Waals surface area contributed by atoms with Crippen LogP contribution in [0.25, 0.3) is 0 Å². The Balaban J connectivity index is 0. The number of rotatable bonds is 12. The number of unbranched alkanes of at least 4 members (excludes halogenated alkanes) is 1. The lowest BCUT2D eigenvalue weighted by Crippen LogP contribution is -2.55. The SMILES string of the molecule is CCCC.CO[P+](=O)C(C)(C)OCCSC(F)(F)C(F)OC(F)(F)C(F)(F)C(F)(F)F. The number of hydrogen-bond donors (Lipinski definition) is 0. The first-order valence-electron chi connectivity index (χ1n) is 8.54. The van der Waals surface area contributed by atoms with E-state index in [0.717, 1.165) is 7.11 Å². The summed E-state index contributed by atoms with van der Waals surface area (Å²) < 4.78 is 149. The fraction of sp³-hybridized carbons (Fsp3) is 1.00. The molecule has 0 heterocycles. The van der Waals surface area contributed by atoms with Crippen molar-refractivity contribution >= 4 is 19.8 Å². The second kappa shape index (κ2) is 12.8. The third kappa shape index (κ3) is 10.4. The van der Waals surface area contributed by atoms with E-state index in [0.29, 0.717) is 0 Å². The molecule has 0 aromatic rings. The minimum atomic E-state index is -6.90. The van der Waals surface area contributed by atoms with Gasteiger partial charge in [0.1, 0.15) is 0 Å². The van der Waals surface area contributed by atoms with Crippen LogP contribution in [0.3, 0.4) is 0 Å². The van der Waals surface area contributed by atoms with Crippen LogP contribution in [-0.2, 0) is 18.6 Å². The monoisotopic (exact) mass is 521 g/mol. The zero-order chi connectivity index (χ0) is 25.3. The topological polar surface area (TPSA) is 44.8 Å². The van der Waals surface area contributed by atoms with Crippen LogP contribution in [0.4, 0.5) is 43.9 Å². The summed E-state index contributed by atoms with van der Waals surface area (Å²) in [6.07, 6.45) is -15.3. The van der Waals surface area contributed by atoms with Gasteiger partial charge in [0.2, 0.25) is 0 Å². The molecular weight excluding hydrogens is 497 g/mol. The Bertz CT molecular complexity index is 544. The first-order chi connectivity index (χ1) is 13.7. The van der Waals surface area contributed by atoms with Crippen molar-refractivity contribution in [3.05, 3.63) is 0 Å². The molecule has 2 unspecified atom stereocenters. The minimum absolute atomic E-state index is 0.639. The summed E-state index contributed by atoms with van der Waals surface area (Å²) in [5.41, 5.74) is 0. The van der Waals surface area contributed by atoms with Gasteiger partial charge in [0, 0.05) is 19.6 Å². The van der Waals surface area contributed by atoms with E-state index < -0.39 is 67.3 Å². The van der Waals surface area contributed by atoms with Gasteiger partial charge in [-0.2, -0.15) is 39.5 Å². The van der Waals surface area contributed by atoms with Gasteiger partial charge >= 0.3 is 31.5 Å². The maximum absolute atomic E-state index is 13.3. The van der Waals surface area contributed by atoms with Crippen molar-refractivity contribution in [1.29, 1.82) is 0 Å². The van der Waals surface area contributed by atoms with Gasteiger partial charge in [0.15, 0.2) is 0 Å². The van der Waals surface area contributed by atoms with E-state index in [-0.39, 0.29) is 0 Å². The first kappa shape index (κ1) is 32.8. The normalized spacial score (nSPS) is 15.3. The molecule has 0 radical (unpaired) electrons. The highest BCUT2D eigenvalue weighted by atomic mass is 32.2. The van der Waals surface area contributed by atoms with Gasteiger partial charge in [-0.1, -0.05) is 38.5 Å². The molecule has 0 saturated carbocycles. The summed E-state index contributed by atoms with van der Waals surface area (Å²) in [4.78, 5) is 0. The van der Waals surface area contributed by atoms with Gasteiger partial charge in [-0.05, 0) is 4.57 Å². The Kier molecular flexibility index (Phi) is 13.5. The van der Waals surface area contributed by atoms with Gasteiger partial charge in [0.25, 0.3) is 11.7 Å². The highest BCUT2D eigenvalue weighted by Crippen LogP contribution is 2.49. The number of thioether (sulfide) groups is 1. The van der Waals surface area contributed by atoms with E-state index in [1.807, 2.05) is 0 Å². The predicted octanol–water partition coefficient (Wildman–Crippen LogP) is 7.36. The zero-order valence-electron chi connectivity index (χ0n) is 17.2. The lowest BCUT2D eigenvalue weighted by atomic mass is 10.3. The molecule has 16 heteroatoms. The predicted molar refractivity (Wildman–Crippen MR) is 94.6 cm³/mol. The summed E-state index contributed by atoms with van der Waals surface area (Å²) in [6.45, 7) is 6.22. The molecule has 0 bridgehead atoms. The second-order valence-electron chi connectivity index (χ2n) is 6.17. The Labute approximate surface area is 178 Å². The smallest absolute Gasteiger partial charge is 0.330 e. The maximum Gasteiger partial charge on any atom is 0.542 e. The van der Waals surface area contributed by atoms with E-state index in [4.69, 9.17) is 4.74 Å². The van der Waals surface area contributed by atoms with Crippen LogP contribution in [0.2, 0.25) is 0 Å². The molecular formula is C15H24F10O4PS+. The maximum atomic E-state index is 13.3. The first-order valence-corrected chi connectivity index (χ1v) is 10.7. The van der Waals surface area contributed by atoms with Crippen LogP contribution in [0.15, 0.2) is 0 Å². The Morgan fingerprint density at radius 3 is 1.74 bits per heavy atom. The van der Waals surface area contributed by atoms with Crippen LogP contribution in [0, 0.1) is 0 Å². The van der Waals surface area contributed by atoms with Crippen molar-refractivity contribution in [3.63, 3.8) is 0 Å². The second-order valence-corrected chi connectivity index (χ2v) is 9.37. The van der Waals surface area contributed by atoms with E-state index in [9.17, 15) is 48.5 Å². The molecule has 0 aliphatic heterocycles. The van der Waals surface area contributed by atoms with Crippen molar-refractivity contribution in [2.24, 2.45) is 0 Å². The van der Waals surface area contributed by atoms with Crippen molar-refractivity contribution in [2.45, 2.75) is 75.7 Å². The van der Waals surface area contributed by atoms with Crippen molar-refractivity contribution < 1.29 is 62.5 Å². The number of halogens is 10. The van der Waals surface area contributed by atoms with Gasteiger partial charge in [0.05, 0.1) is 13.7 Å². The molecule has 0 rings (SSSR count). The van der Waals surface area contributed by atoms with E-state index >= 15 is 0 Å². The number of hydrogen-bond acceptors (Lipinski definition) is 5. The van der Waals surface area contributed by atoms with E-state index in [1.54, 1.807) is 0 Å².